The van der Waals surface area contributed by atoms with Gasteiger partial charge >= 0.3 is 0 Å². The Morgan fingerprint density at radius 3 is 2.48 bits per heavy atom. The second kappa shape index (κ2) is 7.45. The van der Waals surface area contributed by atoms with Crippen LogP contribution < -0.4 is 10.1 Å². The molecule has 0 saturated heterocycles. The SMILES string of the molecule is Cc1cc(C)n2nc(NCc3ccc(OCc4ccccc4)cc3)nc2n1. The van der Waals surface area contributed by atoms with Crippen LogP contribution in [0.15, 0.2) is 60.7 Å². The summed E-state index contributed by atoms with van der Waals surface area (Å²) in [6, 6.07) is 20.2. The second-order valence-corrected chi connectivity index (χ2v) is 6.46. The number of aromatic nitrogens is 4. The van der Waals surface area contributed by atoms with Gasteiger partial charge in [-0.15, -0.1) is 5.10 Å². The van der Waals surface area contributed by atoms with Gasteiger partial charge in [0.15, 0.2) is 0 Å². The van der Waals surface area contributed by atoms with Gasteiger partial charge in [0.25, 0.3) is 5.78 Å². The van der Waals surface area contributed by atoms with Crippen molar-refractivity contribution < 1.29 is 4.74 Å². The predicted molar refractivity (Wildman–Crippen MR) is 105 cm³/mol. The van der Waals surface area contributed by atoms with Crippen LogP contribution >= 0.6 is 0 Å². The van der Waals surface area contributed by atoms with Crippen LogP contribution in [0.3, 0.4) is 0 Å². The third-order valence-corrected chi connectivity index (χ3v) is 4.24. The third kappa shape index (κ3) is 4.06. The molecule has 0 atom stereocenters. The maximum Gasteiger partial charge on any atom is 0.254 e. The lowest BCUT2D eigenvalue weighted by Crippen LogP contribution is -2.02. The number of aryl methyl sites for hydroxylation is 2. The van der Waals surface area contributed by atoms with E-state index in [-0.39, 0.29) is 0 Å². The van der Waals surface area contributed by atoms with Crippen molar-refractivity contribution in [2.45, 2.75) is 27.0 Å². The monoisotopic (exact) mass is 359 g/mol. The Morgan fingerprint density at radius 2 is 1.70 bits per heavy atom. The van der Waals surface area contributed by atoms with Crippen LogP contribution in [0.4, 0.5) is 5.95 Å². The van der Waals surface area contributed by atoms with Gasteiger partial charge in [0.1, 0.15) is 12.4 Å². The zero-order valence-corrected chi connectivity index (χ0v) is 15.4. The minimum Gasteiger partial charge on any atom is -0.489 e. The molecule has 27 heavy (non-hydrogen) atoms. The first-order valence-corrected chi connectivity index (χ1v) is 8.88. The van der Waals surface area contributed by atoms with E-state index in [0.29, 0.717) is 24.9 Å². The van der Waals surface area contributed by atoms with E-state index in [1.54, 1.807) is 4.52 Å². The summed E-state index contributed by atoms with van der Waals surface area (Å²) < 4.78 is 7.56. The molecule has 2 heterocycles. The zero-order valence-electron chi connectivity index (χ0n) is 15.4. The average Bonchev–Trinajstić information content (AvgIpc) is 3.10. The molecule has 0 amide bonds. The number of benzene rings is 2. The van der Waals surface area contributed by atoms with Crippen molar-refractivity contribution in [3.63, 3.8) is 0 Å². The van der Waals surface area contributed by atoms with Crippen LogP contribution in [0.25, 0.3) is 5.78 Å². The quantitative estimate of drug-likeness (QED) is 0.565. The Kier molecular flexibility index (Phi) is 4.70. The smallest absolute Gasteiger partial charge is 0.254 e. The summed E-state index contributed by atoms with van der Waals surface area (Å²) >= 11 is 0. The van der Waals surface area contributed by atoms with Gasteiger partial charge < -0.3 is 10.1 Å². The molecule has 6 nitrogen and oxygen atoms in total. The minimum atomic E-state index is 0.565. The van der Waals surface area contributed by atoms with Crippen molar-refractivity contribution >= 4 is 11.7 Å². The molecule has 2 aromatic heterocycles. The number of hydrogen-bond donors (Lipinski definition) is 1. The Hall–Kier alpha value is -3.41. The standard InChI is InChI=1S/C21H21N5O/c1-15-12-16(2)26-21(23-15)24-20(25-26)22-13-17-8-10-19(11-9-17)27-14-18-6-4-3-5-7-18/h3-12H,13-14H2,1-2H3,(H,22,25). The van der Waals surface area contributed by atoms with Gasteiger partial charge in [0.2, 0.25) is 5.95 Å². The first-order chi connectivity index (χ1) is 13.2. The van der Waals surface area contributed by atoms with E-state index in [0.717, 1.165) is 28.3 Å². The number of hydrogen-bond acceptors (Lipinski definition) is 5. The Balaban J connectivity index is 1.37. The van der Waals surface area contributed by atoms with Crippen molar-refractivity contribution in [1.29, 1.82) is 0 Å². The number of anilines is 1. The lowest BCUT2D eigenvalue weighted by atomic mass is 10.2. The van der Waals surface area contributed by atoms with Crippen molar-refractivity contribution in [3.05, 3.63) is 83.2 Å². The summed E-state index contributed by atoms with van der Waals surface area (Å²) in [4.78, 5) is 8.84. The van der Waals surface area contributed by atoms with Crippen molar-refractivity contribution in [2.75, 3.05) is 5.32 Å². The first-order valence-electron chi connectivity index (χ1n) is 8.88. The van der Waals surface area contributed by atoms with E-state index in [1.165, 1.54) is 0 Å². The number of rotatable bonds is 6. The van der Waals surface area contributed by atoms with Crippen LogP contribution in [-0.2, 0) is 13.2 Å². The van der Waals surface area contributed by atoms with Crippen molar-refractivity contribution in [3.8, 4) is 5.75 Å². The highest BCUT2D eigenvalue weighted by Crippen LogP contribution is 2.15. The maximum atomic E-state index is 5.82. The van der Waals surface area contributed by atoms with E-state index in [4.69, 9.17) is 4.74 Å². The zero-order chi connectivity index (χ0) is 18.6. The highest BCUT2D eigenvalue weighted by molar-refractivity contribution is 5.39. The Labute approximate surface area is 157 Å². The van der Waals surface area contributed by atoms with E-state index in [9.17, 15) is 0 Å². The van der Waals surface area contributed by atoms with Gasteiger partial charge in [-0.25, -0.2) is 4.98 Å². The highest BCUT2D eigenvalue weighted by atomic mass is 16.5. The molecule has 0 unspecified atom stereocenters. The number of nitrogens with one attached hydrogen (secondary N) is 1. The number of nitrogens with zero attached hydrogens (tertiary/aromatic N) is 4. The van der Waals surface area contributed by atoms with Crippen molar-refractivity contribution in [2.24, 2.45) is 0 Å². The number of ether oxygens (including phenoxy) is 1. The Morgan fingerprint density at radius 1 is 0.926 bits per heavy atom. The molecule has 1 N–H and O–H groups in total. The lowest BCUT2D eigenvalue weighted by Gasteiger charge is -2.07. The summed E-state index contributed by atoms with van der Waals surface area (Å²) in [5.41, 5.74) is 4.23. The molecule has 4 aromatic rings. The van der Waals surface area contributed by atoms with E-state index >= 15 is 0 Å². The second-order valence-electron chi connectivity index (χ2n) is 6.46. The van der Waals surface area contributed by atoms with Crippen LogP contribution in [0.1, 0.15) is 22.5 Å². The molecule has 6 heteroatoms. The fourth-order valence-corrected chi connectivity index (χ4v) is 2.87. The topological polar surface area (TPSA) is 64.3 Å². The third-order valence-electron chi connectivity index (χ3n) is 4.24. The largest absolute Gasteiger partial charge is 0.489 e. The highest BCUT2D eigenvalue weighted by Gasteiger charge is 2.07. The minimum absolute atomic E-state index is 0.565. The van der Waals surface area contributed by atoms with Crippen LogP contribution in [0.5, 0.6) is 5.75 Å². The summed E-state index contributed by atoms with van der Waals surface area (Å²) in [5.74, 6) is 2.03. The van der Waals surface area contributed by atoms with Gasteiger partial charge in [-0.2, -0.15) is 9.50 Å². The molecular formula is C21H21N5O. The molecule has 0 saturated carbocycles. The van der Waals surface area contributed by atoms with E-state index < -0.39 is 0 Å². The molecule has 0 aliphatic rings. The average molecular weight is 359 g/mol. The summed E-state index contributed by atoms with van der Waals surface area (Å²) in [5, 5.41) is 7.71. The van der Waals surface area contributed by atoms with Gasteiger partial charge in [-0.05, 0) is 43.2 Å². The maximum absolute atomic E-state index is 5.82. The summed E-state index contributed by atoms with van der Waals surface area (Å²) in [7, 11) is 0. The lowest BCUT2D eigenvalue weighted by molar-refractivity contribution is 0.306. The van der Waals surface area contributed by atoms with E-state index in [2.05, 4.69) is 32.5 Å². The van der Waals surface area contributed by atoms with Gasteiger partial charge in [0.05, 0.1) is 0 Å². The first kappa shape index (κ1) is 17.0. The molecule has 0 aliphatic heterocycles. The molecule has 0 fully saturated rings. The summed E-state index contributed by atoms with van der Waals surface area (Å²) in [6.45, 7) is 5.15. The molecule has 0 spiro atoms. The van der Waals surface area contributed by atoms with Crippen LogP contribution in [0, 0.1) is 13.8 Å². The molecular weight excluding hydrogens is 338 g/mol. The van der Waals surface area contributed by atoms with Crippen LogP contribution in [0.2, 0.25) is 0 Å². The molecule has 0 bridgehead atoms. The fraction of sp³-hybridized carbons (Fsp3) is 0.190. The van der Waals surface area contributed by atoms with E-state index in [1.807, 2.05) is 62.4 Å². The molecule has 2 aromatic carbocycles. The fourth-order valence-electron chi connectivity index (χ4n) is 2.87. The molecule has 4 rings (SSSR count). The number of fused-ring (bicyclic) bond motifs is 1. The van der Waals surface area contributed by atoms with Crippen LogP contribution in [-0.4, -0.2) is 19.6 Å². The normalized spacial score (nSPS) is 10.9. The predicted octanol–water partition coefficient (Wildman–Crippen LogP) is 3.93. The Bertz CT molecular complexity index is 1040. The van der Waals surface area contributed by atoms with Gasteiger partial charge in [0, 0.05) is 17.9 Å². The molecule has 0 radical (unpaired) electrons. The summed E-state index contributed by atoms with van der Waals surface area (Å²) in [6.07, 6.45) is 0. The molecule has 136 valence electrons. The van der Waals surface area contributed by atoms with Gasteiger partial charge in [-0.3, -0.25) is 0 Å². The van der Waals surface area contributed by atoms with Gasteiger partial charge in [-0.1, -0.05) is 42.5 Å². The molecule has 0 aliphatic carbocycles. The van der Waals surface area contributed by atoms with Crippen molar-refractivity contribution in [1.82, 2.24) is 19.6 Å².